The summed E-state index contributed by atoms with van der Waals surface area (Å²) >= 11 is 0. The summed E-state index contributed by atoms with van der Waals surface area (Å²) < 4.78 is 11.6. The van der Waals surface area contributed by atoms with E-state index in [2.05, 4.69) is 18.7 Å². The van der Waals surface area contributed by atoms with Crippen LogP contribution in [0.1, 0.15) is 48.0 Å². The van der Waals surface area contributed by atoms with E-state index >= 15 is 0 Å². The average molecular weight is 421 g/mol. The maximum Gasteiger partial charge on any atom is 0.290 e. The molecule has 0 saturated heterocycles. The summed E-state index contributed by atoms with van der Waals surface area (Å²) in [6.07, 6.45) is 0.806. The zero-order chi connectivity index (χ0) is 22.0. The van der Waals surface area contributed by atoms with E-state index < -0.39 is 6.04 Å². The quantitative estimate of drug-likeness (QED) is 0.550. The molecule has 0 N–H and O–H groups in total. The van der Waals surface area contributed by atoms with Crippen LogP contribution in [0.25, 0.3) is 11.0 Å². The Hall–Kier alpha value is -3.12. The number of methoxy groups -OCH3 is 1. The van der Waals surface area contributed by atoms with E-state index in [0.717, 1.165) is 31.6 Å². The molecule has 0 aliphatic carbocycles. The zero-order valence-electron chi connectivity index (χ0n) is 18.3. The van der Waals surface area contributed by atoms with Crippen molar-refractivity contribution in [2.45, 2.75) is 26.3 Å². The Morgan fingerprint density at radius 1 is 1.03 bits per heavy atom. The van der Waals surface area contributed by atoms with Gasteiger partial charge in [-0.2, -0.15) is 0 Å². The normalized spacial score (nSPS) is 15.7. The number of ether oxygens (including phenoxy) is 1. The maximum atomic E-state index is 13.5. The highest BCUT2D eigenvalue weighted by Crippen LogP contribution is 2.41. The van der Waals surface area contributed by atoms with E-state index in [1.807, 2.05) is 30.3 Å². The van der Waals surface area contributed by atoms with Crippen LogP contribution >= 0.6 is 0 Å². The number of hydrogen-bond acceptors (Lipinski definition) is 5. The molecule has 31 heavy (non-hydrogen) atoms. The molecule has 0 bridgehead atoms. The van der Waals surface area contributed by atoms with Crippen molar-refractivity contribution in [1.82, 2.24) is 9.80 Å². The lowest BCUT2D eigenvalue weighted by Crippen LogP contribution is -2.33. The largest absolute Gasteiger partial charge is 0.496 e. The van der Waals surface area contributed by atoms with E-state index in [-0.39, 0.29) is 17.1 Å². The van der Waals surface area contributed by atoms with E-state index in [4.69, 9.17) is 9.15 Å². The molecule has 2 heterocycles. The lowest BCUT2D eigenvalue weighted by atomic mass is 9.97. The lowest BCUT2D eigenvalue weighted by Gasteiger charge is -2.27. The lowest BCUT2D eigenvalue weighted by molar-refractivity contribution is 0.0719. The molecule has 1 aliphatic heterocycles. The molecule has 2 aromatic carbocycles. The number of para-hydroxylation sites is 2. The maximum absolute atomic E-state index is 13.5. The Morgan fingerprint density at radius 2 is 1.74 bits per heavy atom. The highest BCUT2D eigenvalue weighted by molar-refractivity contribution is 5.99. The van der Waals surface area contributed by atoms with Crippen LogP contribution < -0.4 is 10.2 Å². The minimum atomic E-state index is -0.531. The van der Waals surface area contributed by atoms with E-state index in [0.29, 0.717) is 28.8 Å². The standard InChI is InChI=1S/C25H28N2O4/c1-4-26(5-2)15-10-16-27-22(17-11-6-8-13-19(17)30-3)21-23(28)18-12-7-9-14-20(18)31-24(21)25(27)29/h6-9,11-14,22H,4-5,10,15-16H2,1-3H3. The number of carbonyl (C=O) groups is 1. The van der Waals surface area contributed by atoms with Crippen molar-refractivity contribution in [3.63, 3.8) is 0 Å². The van der Waals surface area contributed by atoms with Gasteiger partial charge in [0.2, 0.25) is 5.76 Å². The van der Waals surface area contributed by atoms with Crippen molar-refractivity contribution in [2.75, 3.05) is 33.3 Å². The van der Waals surface area contributed by atoms with Gasteiger partial charge >= 0.3 is 0 Å². The van der Waals surface area contributed by atoms with Crippen molar-refractivity contribution in [1.29, 1.82) is 0 Å². The molecule has 1 amide bonds. The first kappa shape index (κ1) is 21.1. The van der Waals surface area contributed by atoms with E-state index in [9.17, 15) is 9.59 Å². The molecule has 0 fully saturated rings. The van der Waals surface area contributed by atoms with Gasteiger partial charge in [-0.05, 0) is 44.3 Å². The van der Waals surface area contributed by atoms with Crippen LogP contribution in [0.5, 0.6) is 5.75 Å². The van der Waals surface area contributed by atoms with Crippen LogP contribution in [0, 0.1) is 0 Å². The Morgan fingerprint density at radius 3 is 2.48 bits per heavy atom. The fraction of sp³-hybridized carbons (Fsp3) is 0.360. The molecular formula is C25H28N2O4. The number of nitrogens with zero attached hydrogens (tertiary/aromatic N) is 2. The van der Waals surface area contributed by atoms with Crippen molar-refractivity contribution >= 4 is 16.9 Å². The van der Waals surface area contributed by atoms with Crippen molar-refractivity contribution < 1.29 is 13.9 Å². The second-order valence-electron chi connectivity index (χ2n) is 7.69. The fourth-order valence-electron chi connectivity index (χ4n) is 4.42. The van der Waals surface area contributed by atoms with Gasteiger partial charge in [-0.1, -0.05) is 44.2 Å². The summed E-state index contributed by atoms with van der Waals surface area (Å²) in [7, 11) is 1.60. The van der Waals surface area contributed by atoms with Gasteiger partial charge in [0.1, 0.15) is 11.3 Å². The molecule has 1 aromatic heterocycles. The Labute approximate surface area is 182 Å². The van der Waals surface area contributed by atoms with Gasteiger partial charge in [-0.3, -0.25) is 9.59 Å². The molecule has 0 spiro atoms. The van der Waals surface area contributed by atoms with Crippen LogP contribution in [-0.2, 0) is 0 Å². The first-order valence-electron chi connectivity index (χ1n) is 10.8. The highest BCUT2D eigenvalue weighted by Gasteiger charge is 2.43. The molecule has 1 atom stereocenters. The molecule has 4 rings (SSSR count). The predicted molar refractivity (Wildman–Crippen MR) is 121 cm³/mol. The molecule has 1 aliphatic rings. The molecule has 3 aromatic rings. The second-order valence-corrected chi connectivity index (χ2v) is 7.69. The summed E-state index contributed by atoms with van der Waals surface area (Å²) in [4.78, 5) is 31.0. The second kappa shape index (κ2) is 8.94. The molecule has 1 unspecified atom stereocenters. The number of benzene rings is 2. The Kier molecular flexibility index (Phi) is 6.09. The third-order valence-corrected chi connectivity index (χ3v) is 6.07. The van der Waals surface area contributed by atoms with Gasteiger partial charge in [0.25, 0.3) is 5.91 Å². The van der Waals surface area contributed by atoms with Gasteiger partial charge in [-0.25, -0.2) is 0 Å². The fourth-order valence-corrected chi connectivity index (χ4v) is 4.42. The molecule has 6 heteroatoms. The minimum Gasteiger partial charge on any atom is -0.496 e. The average Bonchev–Trinajstić information content (AvgIpc) is 3.08. The van der Waals surface area contributed by atoms with Gasteiger partial charge < -0.3 is 19.0 Å². The number of fused-ring (bicyclic) bond motifs is 2. The number of hydrogen-bond donors (Lipinski definition) is 0. The summed E-state index contributed by atoms with van der Waals surface area (Å²) in [5.74, 6) is 0.546. The first-order chi connectivity index (χ1) is 15.1. The molecule has 0 radical (unpaired) electrons. The van der Waals surface area contributed by atoms with E-state index in [1.54, 1.807) is 30.2 Å². The van der Waals surface area contributed by atoms with Gasteiger partial charge in [0, 0.05) is 12.1 Å². The van der Waals surface area contributed by atoms with Crippen LogP contribution in [0.15, 0.2) is 57.7 Å². The number of rotatable bonds is 8. The summed E-state index contributed by atoms with van der Waals surface area (Å²) in [6.45, 7) is 7.60. The van der Waals surface area contributed by atoms with Gasteiger partial charge in [0.15, 0.2) is 5.43 Å². The van der Waals surface area contributed by atoms with Crippen LogP contribution in [0.2, 0.25) is 0 Å². The summed E-state index contributed by atoms with van der Waals surface area (Å²) in [6, 6.07) is 14.1. The number of amides is 1. The van der Waals surface area contributed by atoms with Crippen LogP contribution in [0.4, 0.5) is 0 Å². The predicted octanol–water partition coefficient (Wildman–Crippen LogP) is 4.08. The van der Waals surface area contributed by atoms with Crippen molar-refractivity contribution in [3.8, 4) is 5.75 Å². The molecular weight excluding hydrogens is 392 g/mol. The molecule has 0 saturated carbocycles. The van der Waals surface area contributed by atoms with E-state index in [1.165, 1.54) is 0 Å². The Balaban J connectivity index is 1.82. The summed E-state index contributed by atoms with van der Waals surface area (Å²) in [5.41, 5.74) is 1.47. The van der Waals surface area contributed by atoms with Gasteiger partial charge in [-0.15, -0.1) is 0 Å². The zero-order valence-corrected chi connectivity index (χ0v) is 18.3. The SMILES string of the molecule is CCN(CC)CCCN1C(=O)c2oc3ccccc3c(=O)c2C1c1ccccc1OC. The minimum absolute atomic E-state index is 0.141. The third-order valence-electron chi connectivity index (χ3n) is 6.07. The van der Waals surface area contributed by atoms with Crippen LogP contribution in [-0.4, -0.2) is 49.0 Å². The summed E-state index contributed by atoms with van der Waals surface area (Å²) in [5, 5.41) is 0.485. The van der Waals surface area contributed by atoms with Gasteiger partial charge in [0.05, 0.1) is 24.1 Å². The Bertz CT molecular complexity index is 1150. The monoisotopic (exact) mass is 420 g/mol. The number of carbonyl (C=O) groups excluding carboxylic acids is 1. The van der Waals surface area contributed by atoms with Crippen LogP contribution in [0.3, 0.4) is 0 Å². The van der Waals surface area contributed by atoms with Crippen molar-refractivity contribution in [2.24, 2.45) is 0 Å². The van der Waals surface area contributed by atoms with Crippen molar-refractivity contribution in [3.05, 3.63) is 75.6 Å². The molecule has 6 nitrogen and oxygen atoms in total. The smallest absolute Gasteiger partial charge is 0.290 e. The highest BCUT2D eigenvalue weighted by atomic mass is 16.5. The third kappa shape index (κ3) is 3.72. The first-order valence-corrected chi connectivity index (χ1v) is 10.8. The molecule has 162 valence electrons. The topological polar surface area (TPSA) is 63.0 Å².